The van der Waals surface area contributed by atoms with Crippen LogP contribution in [0.15, 0.2) is 53.7 Å². The van der Waals surface area contributed by atoms with Crippen molar-refractivity contribution in [1.82, 2.24) is 0 Å². The molecule has 0 aliphatic rings. The molecule has 26 heavy (non-hydrogen) atoms. The number of nitroso groups, excluding NO2 is 1. The van der Waals surface area contributed by atoms with E-state index in [1.165, 1.54) is 17.4 Å². The number of rotatable bonds is 11. The quantitative estimate of drug-likeness (QED) is 0.347. The minimum atomic E-state index is -0.235. The van der Waals surface area contributed by atoms with Gasteiger partial charge in [-0.3, -0.25) is 0 Å². The van der Waals surface area contributed by atoms with E-state index in [-0.39, 0.29) is 5.41 Å². The number of aldehydes is 1. The molecule has 3 heteroatoms. The van der Waals surface area contributed by atoms with Crippen LogP contribution in [0.1, 0.15) is 62.6 Å². The minimum Gasteiger partial charge on any atom is -0.303 e. The van der Waals surface area contributed by atoms with Gasteiger partial charge in [-0.2, -0.15) is 0 Å². The van der Waals surface area contributed by atoms with Crippen LogP contribution in [0, 0.1) is 10.3 Å². The van der Waals surface area contributed by atoms with E-state index in [0.717, 1.165) is 50.5 Å². The monoisotopic (exact) mass is 351 g/mol. The topological polar surface area (TPSA) is 46.5 Å². The van der Waals surface area contributed by atoms with Gasteiger partial charge in [-0.05, 0) is 66.1 Å². The van der Waals surface area contributed by atoms with Crippen molar-refractivity contribution < 1.29 is 4.79 Å². The standard InChI is InChI=1S/C23H29NO2/c1-3-5-14-23(4-2,18-25)15-13-20-11-12-22(24-26)17-21(20)16-19-9-7-6-8-10-19/h6-12,17-18H,3-5,13-16H2,1-2H3. The number of carbonyl (C=O) groups excluding carboxylic acids is 1. The largest absolute Gasteiger partial charge is 0.303 e. The first-order valence-corrected chi connectivity index (χ1v) is 9.61. The van der Waals surface area contributed by atoms with Crippen molar-refractivity contribution in [3.8, 4) is 0 Å². The van der Waals surface area contributed by atoms with Gasteiger partial charge in [0.1, 0.15) is 12.0 Å². The number of hydrogen-bond donors (Lipinski definition) is 0. The molecule has 0 N–H and O–H groups in total. The molecule has 0 aliphatic heterocycles. The number of carbonyl (C=O) groups is 1. The molecule has 138 valence electrons. The number of nitrogens with zero attached hydrogens (tertiary/aromatic N) is 1. The summed E-state index contributed by atoms with van der Waals surface area (Å²) < 4.78 is 0. The molecule has 1 unspecified atom stereocenters. The van der Waals surface area contributed by atoms with Gasteiger partial charge in [0.2, 0.25) is 0 Å². The molecule has 2 aromatic carbocycles. The summed E-state index contributed by atoms with van der Waals surface area (Å²) in [6, 6.07) is 15.9. The van der Waals surface area contributed by atoms with Gasteiger partial charge in [-0.25, -0.2) is 0 Å². The molecule has 2 aromatic rings. The van der Waals surface area contributed by atoms with Crippen molar-refractivity contribution in [3.63, 3.8) is 0 Å². The maximum atomic E-state index is 11.8. The van der Waals surface area contributed by atoms with Crippen molar-refractivity contribution in [2.45, 2.75) is 58.8 Å². The third-order valence-corrected chi connectivity index (χ3v) is 5.41. The summed E-state index contributed by atoms with van der Waals surface area (Å²) in [7, 11) is 0. The zero-order chi connectivity index (χ0) is 18.8. The van der Waals surface area contributed by atoms with Crippen LogP contribution in [0.5, 0.6) is 0 Å². The van der Waals surface area contributed by atoms with Crippen LogP contribution < -0.4 is 0 Å². The molecule has 0 spiro atoms. The van der Waals surface area contributed by atoms with Crippen LogP contribution in [0.25, 0.3) is 0 Å². The molecular formula is C23H29NO2. The molecule has 0 saturated carbocycles. The molecule has 0 bridgehead atoms. The lowest BCUT2D eigenvalue weighted by atomic mass is 9.76. The second-order valence-electron chi connectivity index (χ2n) is 7.14. The molecular weight excluding hydrogens is 322 g/mol. The second kappa shape index (κ2) is 10.0. The van der Waals surface area contributed by atoms with Crippen LogP contribution in [-0.2, 0) is 17.6 Å². The fourth-order valence-electron chi connectivity index (χ4n) is 3.49. The first-order valence-electron chi connectivity index (χ1n) is 9.61. The molecule has 0 radical (unpaired) electrons. The van der Waals surface area contributed by atoms with Gasteiger partial charge >= 0.3 is 0 Å². The van der Waals surface area contributed by atoms with Gasteiger partial charge in [0.25, 0.3) is 0 Å². The highest BCUT2D eigenvalue weighted by molar-refractivity contribution is 5.59. The van der Waals surface area contributed by atoms with E-state index in [1.807, 2.05) is 30.3 Å². The van der Waals surface area contributed by atoms with Crippen LogP contribution in [0.2, 0.25) is 0 Å². The molecule has 0 amide bonds. The molecule has 0 aliphatic carbocycles. The lowest BCUT2D eigenvalue weighted by molar-refractivity contribution is -0.117. The van der Waals surface area contributed by atoms with Crippen molar-refractivity contribution in [3.05, 3.63) is 70.1 Å². The smallest absolute Gasteiger partial charge is 0.126 e. The Bertz CT molecular complexity index is 711. The summed E-state index contributed by atoms with van der Waals surface area (Å²) in [4.78, 5) is 22.8. The van der Waals surface area contributed by atoms with Crippen molar-refractivity contribution in [1.29, 1.82) is 0 Å². The maximum Gasteiger partial charge on any atom is 0.126 e. The third kappa shape index (κ3) is 5.35. The Labute approximate surface area is 156 Å². The van der Waals surface area contributed by atoms with E-state index in [0.29, 0.717) is 5.69 Å². The summed E-state index contributed by atoms with van der Waals surface area (Å²) in [6.07, 6.45) is 7.64. The summed E-state index contributed by atoms with van der Waals surface area (Å²) in [6.45, 7) is 4.27. The van der Waals surface area contributed by atoms with Gasteiger partial charge in [0.05, 0.1) is 0 Å². The minimum absolute atomic E-state index is 0.235. The fourth-order valence-corrected chi connectivity index (χ4v) is 3.49. The highest BCUT2D eigenvalue weighted by Crippen LogP contribution is 2.33. The lowest BCUT2D eigenvalue weighted by Crippen LogP contribution is -2.23. The molecule has 2 rings (SSSR count). The van der Waals surface area contributed by atoms with E-state index in [1.54, 1.807) is 6.07 Å². The Morgan fingerprint density at radius 3 is 2.38 bits per heavy atom. The SMILES string of the molecule is CCCCC(C=O)(CC)CCc1ccc(N=O)cc1Cc1ccccc1. The van der Waals surface area contributed by atoms with Crippen LogP contribution in [-0.4, -0.2) is 6.29 Å². The third-order valence-electron chi connectivity index (χ3n) is 5.41. The maximum absolute atomic E-state index is 11.8. The Balaban J connectivity index is 2.22. The normalized spacial score (nSPS) is 13.2. The van der Waals surface area contributed by atoms with Crippen LogP contribution in [0.3, 0.4) is 0 Å². The highest BCUT2D eigenvalue weighted by atomic mass is 16.3. The molecule has 0 fully saturated rings. The van der Waals surface area contributed by atoms with Gasteiger partial charge < -0.3 is 4.79 Å². The second-order valence-corrected chi connectivity index (χ2v) is 7.14. The van der Waals surface area contributed by atoms with E-state index < -0.39 is 0 Å². The number of hydrogen-bond acceptors (Lipinski definition) is 3. The number of benzene rings is 2. The average molecular weight is 351 g/mol. The van der Waals surface area contributed by atoms with Gasteiger partial charge in [-0.1, -0.05) is 63.1 Å². The van der Waals surface area contributed by atoms with Gasteiger partial charge in [0.15, 0.2) is 0 Å². The zero-order valence-corrected chi connectivity index (χ0v) is 15.9. The van der Waals surface area contributed by atoms with Crippen molar-refractivity contribution in [2.75, 3.05) is 0 Å². The molecule has 3 nitrogen and oxygen atoms in total. The molecule has 0 aromatic heterocycles. The average Bonchev–Trinajstić information content (AvgIpc) is 2.70. The van der Waals surface area contributed by atoms with E-state index in [4.69, 9.17) is 0 Å². The first kappa shape index (κ1) is 20.0. The Kier molecular flexibility index (Phi) is 7.71. The summed E-state index contributed by atoms with van der Waals surface area (Å²) >= 11 is 0. The predicted octanol–water partition coefficient (Wildman–Crippen LogP) is 6.39. The molecule has 0 saturated heterocycles. The highest BCUT2D eigenvalue weighted by Gasteiger charge is 2.27. The lowest BCUT2D eigenvalue weighted by Gasteiger charge is -2.27. The fraction of sp³-hybridized carbons (Fsp3) is 0.435. The zero-order valence-electron chi connectivity index (χ0n) is 15.9. The number of unbranched alkanes of at least 4 members (excludes halogenated alkanes) is 1. The Hall–Kier alpha value is -2.29. The van der Waals surface area contributed by atoms with E-state index in [9.17, 15) is 9.70 Å². The molecule has 0 heterocycles. The van der Waals surface area contributed by atoms with Crippen LogP contribution in [0.4, 0.5) is 5.69 Å². The van der Waals surface area contributed by atoms with E-state index >= 15 is 0 Å². The number of aryl methyl sites for hydroxylation is 1. The summed E-state index contributed by atoms with van der Waals surface area (Å²) in [5, 5.41) is 3.09. The predicted molar refractivity (Wildman–Crippen MR) is 108 cm³/mol. The van der Waals surface area contributed by atoms with Crippen molar-refractivity contribution >= 4 is 12.0 Å². The van der Waals surface area contributed by atoms with Gasteiger partial charge in [-0.15, -0.1) is 4.91 Å². The molecule has 1 atom stereocenters. The summed E-state index contributed by atoms with van der Waals surface area (Å²) in [5.41, 5.74) is 3.77. The Morgan fingerprint density at radius 1 is 1.00 bits per heavy atom. The Morgan fingerprint density at radius 2 is 1.77 bits per heavy atom. The van der Waals surface area contributed by atoms with Crippen LogP contribution >= 0.6 is 0 Å². The summed E-state index contributed by atoms with van der Waals surface area (Å²) in [5.74, 6) is 0. The van der Waals surface area contributed by atoms with Gasteiger partial charge in [0, 0.05) is 5.41 Å². The first-order chi connectivity index (χ1) is 12.7. The van der Waals surface area contributed by atoms with E-state index in [2.05, 4.69) is 31.2 Å². The van der Waals surface area contributed by atoms with Crippen molar-refractivity contribution in [2.24, 2.45) is 10.6 Å².